The van der Waals surface area contributed by atoms with Crippen LogP contribution in [0.5, 0.6) is 5.88 Å². The maximum Gasteiger partial charge on any atom is 0.229 e. The second kappa shape index (κ2) is 11.9. The average molecular weight is 610 g/mol. The van der Waals surface area contributed by atoms with E-state index < -0.39 is 10.0 Å². The smallest absolute Gasteiger partial charge is 0.229 e. The van der Waals surface area contributed by atoms with Crippen LogP contribution in [-0.2, 0) is 14.8 Å². The van der Waals surface area contributed by atoms with Crippen LogP contribution < -0.4 is 29.9 Å². The summed E-state index contributed by atoms with van der Waals surface area (Å²) in [5, 5.41) is 7.69. The quantitative estimate of drug-likeness (QED) is 0.344. The van der Waals surface area contributed by atoms with Gasteiger partial charge in [-0.3, -0.25) is 9.71 Å². The van der Waals surface area contributed by atoms with Crippen LogP contribution in [-0.4, -0.2) is 99.2 Å². The fourth-order valence-electron chi connectivity index (χ4n) is 6.69. The molecule has 3 aromatic heterocycles. The minimum atomic E-state index is -3.45. The monoisotopic (exact) mass is 609 g/mol. The lowest BCUT2D eigenvalue weighted by atomic mass is 9.93. The van der Waals surface area contributed by atoms with E-state index in [2.05, 4.69) is 40.1 Å². The molecule has 4 aliphatic rings. The molecule has 230 valence electrons. The Balaban J connectivity index is 1.01. The van der Waals surface area contributed by atoms with Crippen molar-refractivity contribution in [2.45, 2.75) is 37.8 Å². The second-order valence-electron chi connectivity index (χ2n) is 12.1. The fraction of sp³-hybridized carbons (Fsp3) is 0.586. The highest BCUT2D eigenvalue weighted by molar-refractivity contribution is 7.92. The van der Waals surface area contributed by atoms with Crippen molar-refractivity contribution in [1.82, 2.24) is 25.3 Å². The van der Waals surface area contributed by atoms with Crippen LogP contribution in [0.3, 0.4) is 0 Å². The van der Waals surface area contributed by atoms with Gasteiger partial charge in [-0.25, -0.2) is 18.4 Å². The number of rotatable bonds is 8. The molecule has 3 aromatic rings. The molecule has 0 amide bonds. The Morgan fingerprint density at radius 2 is 1.67 bits per heavy atom. The molecule has 7 rings (SSSR count). The summed E-state index contributed by atoms with van der Waals surface area (Å²) in [6, 6.07) is 3.93. The van der Waals surface area contributed by atoms with E-state index in [-0.39, 0.29) is 12.1 Å². The van der Waals surface area contributed by atoms with Crippen molar-refractivity contribution in [3.63, 3.8) is 0 Å². The van der Waals surface area contributed by atoms with Gasteiger partial charge < -0.3 is 29.9 Å². The zero-order chi connectivity index (χ0) is 29.4. The molecular weight excluding hydrogens is 570 g/mol. The number of pyridine rings is 2. The molecule has 1 saturated carbocycles. The topological polar surface area (TPSA) is 147 Å². The Labute approximate surface area is 251 Å². The third-order valence-electron chi connectivity index (χ3n) is 8.95. The summed E-state index contributed by atoms with van der Waals surface area (Å²) < 4.78 is 38.3. The van der Waals surface area contributed by atoms with Crippen LogP contribution in [0.15, 0.2) is 30.7 Å². The van der Waals surface area contributed by atoms with Gasteiger partial charge in [-0.1, -0.05) is 0 Å². The predicted molar refractivity (Wildman–Crippen MR) is 165 cm³/mol. The van der Waals surface area contributed by atoms with E-state index >= 15 is 0 Å². The van der Waals surface area contributed by atoms with E-state index in [1.54, 1.807) is 6.07 Å². The first-order valence-electron chi connectivity index (χ1n) is 15.2. The third-order valence-corrected chi connectivity index (χ3v) is 9.55. The highest BCUT2D eigenvalue weighted by Gasteiger charge is 2.36. The summed E-state index contributed by atoms with van der Waals surface area (Å²) in [7, 11) is -3.45. The van der Waals surface area contributed by atoms with E-state index in [0.717, 1.165) is 94.5 Å². The van der Waals surface area contributed by atoms with E-state index in [9.17, 15) is 8.42 Å². The Morgan fingerprint density at radius 3 is 2.37 bits per heavy atom. The molecule has 3 aliphatic heterocycles. The summed E-state index contributed by atoms with van der Waals surface area (Å²) in [5.41, 5.74) is 2.18. The number of morpholine rings is 1. The van der Waals surface area contributed by atoms with Crippen molar-refractivity contribution >= 4 is 44.1 Å². The summed E-state index contributed by atoms with van der Waals surface area (Å²) >= 11 is 0. The van der Waals surface area contributed by atoms with Crippen LogP contribution in [0.2, 0.25) is 0 Å². The van der Waals surface area contributed by atoms with Crippen molar-refractivity contribution in [3.8, 4) is 5.88 Å². The molecule has 0 radical (unpaired) electrons. The molecule has 3 saturated heterocycles. The van der Waals surface area contributed by atoms with Crippen LogP contribution >= 0.6 is 0 Å². The van der Waals surface area contributed by atoms with Gasteiger partial charge in [0.25, 0.3) is 0 Å². The molecule has 1 aliphatic carbocycles. The molecule has 0 spiro atoms. The molecule has 4 fully saturated rings. The minimum Gasteiger partial charge on any atom is -0.474 e. The molecule has 2 atom stereocenters. The van der Waals surface area contributed by atoms with Gasteiger partial charge in [0, 0.05) is 51.4 Å². The SMILES string of the molecule is CS(=O)(=O)Nc1cnc2cc(N3CCOCC3)nc(O[C@H]3CC[C@@H](Nc4ncc(N5CC6CNCC6C5)cn4)CC3)c2c1. The van der Waals surface area contributed by atoms with E-state index in [1.165, 1.54) is 6.20 Å². The van der Waals surface area contributed by atoms with Crippen LogP contribution in [0.25, 0.3) is 10.9 Å². The fourth-order valence-corrected chi connectivity index (χ4v) is 7.23. The van der Waals surface area contributed by atoms with Gasteiger partial charge in [-0.05, 0) is 43.6 Å². The molecule has 13 nitrogen and oxygen atoms in total. The lowest BCUT2D eigenvalue weighted by Gasteiger charge is -2.31. The standard InChI is InChI=1S/C29H39N9O4S/c1-43(39,40)36-22-10-25-26(31-14-22)11-27(37-6-8-41-9-7-37)35-28(25)42-24-4-2-21(3-5-24)34-29-32-15-23(16-33-29)38-17-19-12-30-13-20(19)18-38/h10-11,14-16,19-21,24,30,36H,2-9,12-13,17-18H2,1H3,(H,32,33,34)/t19?,20?,21-,24+. The summed E-state index contributed by atoms with van der Waals surface area (Å²) in [5.74, 6) is 3.38. The number of aromatic nitrogens is 4. The molecular formula is C29H39N9O4S. The lowest BCUT2D eigenvalue weighted by molar-refractivity contribution is 0.122. The molecule has 2 unspecified atom stereocenters. The number of hydrogen-bond donors (Lipinski definition) is 3. The number of anilines is 4. The zero-order valence-electron chi connectivity index (χ0n) is 24.4. The van der Waals surface area contributed by atoms with Gasteiger partial charge in [0.05, 0.1) is 60.3 Å². The highest BCUT2D eigenvalue weighted by atomic mass is 32.2. The van der Waals surface area contributed by atoms with Gasteiger partial charge in [0.1, 0.15) is 11.9 Å². The molecule has 43 heavy (non-hydrogen) atoms. The van der Waals surface area contributed by atoms with Crippen molar-refractivity contribution < 1.29 is 17.9 Å². The lowest BCUT2D eigenvalue weighted by Crippen LogP contribution is -2.37. The average Bonchev–Trinajstić information content (AvgIpc) is 3.62. The summed E-state index contributed by atoms with van der Waals surface area (Å²) in [6.45, 7) is 7.12. The van der Waals surface area contributed by atoms with Crippen LogP contribution in [0.1, 0.15) is 25.7 Å². The first kappa shape index (κ1) is 28.3. The number of sulfonamides is 1. The molecule has 0 aromatic carbocycles. The first-order chi connectivity index (χ1) is 20.9. The van der Waals surface area contributed by atoms with Crippen molar-refractivity contribution in [3.05, 3.63) is 30.7 Å². The van der Waals surface area contributed by atoms with Gasteiger partial charge in [-0.15, -0.1) is 0 Å². The number of fused-ring (bicyclic) bond motifs is 2. The molecule has 14 heteroatoms. The molecule has 3 N–H and O–H groups in total. The number of hydrogen-bond acceptors (Lipinski definition) is 12. The Kier molecular flexibility index (Phi) is 7.82. The molecule has 0 bridgehead atoms. The summed E-state index contributed by atoms with van der Waals surface area (Å²) in [4.78, 5) is 23.3. The number of ether oxygens (including phenoxy) is 2. The first-order valence-corrected chi connectivity index (χ1v) is 17.1. The maximum absolute atomic E-state index is 11.9. The largest absolute Gasteiger partial charge is 0.474 e. The van der Waals surface area contributed by atoms with Gasteiger partial charge in [0.15, 0.2) is 0 Å². The number of nitrogens with one attached hydrogen (secondary N) is 3. The zero-order valence-corrected chi connectivity index (χ0v) is 25.2. The van der Waals surface area contributed by atoms with E-state index in [0.29, 0.717) is 41.6 Å². The van der Waals surface area contributed by atoms with E-state index in [1.807, 2.05) is 18.5 Å². The van der Waals surface area contributed by atoms with Crippen molar-refractivity contribution in [2.24, 2.45) is 11.8 Å². The number of nitrogens with zero attached hydrogens (tertiary/aromatic N) is 6. The van der Waals surface area contributed by atoms with Gasteiger partial charge in [-0.2, -0.15) is 4.98 Å². The normalized spacial score (nSPS) is 26.0. The summed E-state index contributed by atoms with van der Waals surface area (Å²) in [6.07, 6.45) is 10.0. The van der Waals surface area contributed by atoms with Gasteiger partial charge >= 0.3 is 0 Å². The Bertz CT molecular complexity index is 1530. The van der Waals surface area contributed by atoms with Gasteiger partial charge in [0.2, 0.25) is 21.9 Å². The van der Waals surface area contributed by atoms with Crippen LogP contribution in [0.4, 0.5) is 23.1 Å². The second-order valence-corrected chi connectivity index (χ2v) is 13.9. The Morgan fingerprint density at radius 1 is 0.953 bits per heavy atom. The predicted octanol–water partition coefficient (Wildman–Crippen LogP) is 2.09. The van der Waals surface area contributed by atoms with E-state index in [4.69, 9.17) is 14.5 Å². The highest BCUT2D eigenvalue weighted by Crippen LogP contribution is 2.33. The van der Waals surface area contributed by atoms with Crippen LogP contribution in [0, 0.1) is 11.8 Å². The molecule has 6 heterocycles. The maximum atomic E-state index is 11.9. The minimum absolute atomic E-state index is 0.0207. The Hall–Kier alpha value is -3.49. The van der Waals surface area contributed by atoms with Crippen molar-refractivity contribution in [2.75, 3.05) is 78.6 Å². The van der Waals surface area contributed by atoms with Crippen molar-refractivity contribution in [1.29, 1.82) is 0 Å². The third kappa shape index (κ3) is 6.55.